The summed E-state index contributed by atoms with van der Waals surface area (Å²) in [6.45, 7) is 6.29. The van der Waals surface area contributed by atoms with Crippen LogP contribution in [0.1, 0.15) is 27.4 Å². The minimum Gasteiger partial charge on any atom is -0.271 e. The Bertz CT molecular complexity index is 528. The zero-order valence-electron chi connectivity index (χ0n) is 11.7. The van der Waals surface area contributed by atoms with Gasteiger partial charge >= 0.3 is 0 Å². The van der Waals surface area contributed by atoms with E-state index in [0.29, 0.717) is 0 Å². The van der Waals surface area contributed by atoms with Crippen LogP contribution in [-0.2, 0) is 12.8 Å². The molecule has 0 aliphatic heterocycles. The van der Waals surface area contributed by atoms with Crippen molar-refractivity contribution in [3.8, 4) is 0 Å². The zero-order chi connectivity index (χ0) is 13.8. The van der Waals surface area contributed by atoms with E-state index < -0.39 is 0 Å². The largest absolute Gasteiger partial charge is 0.271 e. The van der Waals surface area contributed by atoms with Gasteiger partial charge in [-0.1, -0.05) is 29.3 Å². The van der Waals surface area contributed by atoms with Crippen LogP contribution in [0.4, 0.5) is 0 Å². The number of aryl methyl sites for hydroxylation is 3. The number of thiazole rings is 1. The number of benzene rings is 1. The van der Waals surface area contributed by atoms with Crippen molar-refractivity contribution in [2.75, 3.05) is 0 Å². The van der Waals surface area contributed by atoms with Crippen molar-refractivity contribution in [3.05, 3.63) is 51.0 Å². The Labute approximate surface area is 118 Å². The van der Waals surface area contributed by atoms with E-state index in [-0.39, 0.29) is 6.04 Å². The molecule has 0 fully saturated rings. The van der Waals surface area contributed by atoms with Gasteiger partial charge in [-0.15, -0.1) is 11.3 Å². The van der Waals surface area contributed by atoms with E-state index in [0.717, 1.165) is 23.5 Å². The highest BCUT2D eigenvalue weighted by molar-refractivity contribution is 7.09. The first kappa shape index (κ1) is 14.2. The molecule has 1 atom stereocenters. The van der Waals surface area contributed by atoms with Crippen LogP contribution in [0.2, 0.25) is 0 Å². The lowest BCUT2D eigenvalue weighted by molar-refractivity contribution is 0.518. The van der Waals surface area contributed by atoms with Crippen molar-refractivity contribution in [2.45, 2.75) is 39.7 Å². The molecule has 1 unspecified atom stereocenters. The van der Waals surface area contributed by atoms with Crippen LogP contribution in [-0.4, -0.2) is 11.0 Å². The van der Waals surface area contributed by atoms with E-state index in [4.69, 9.17) is 5.84 Å². The second-order valence-electron chi connectivity index (χ2n) is 5.13. The molecule has 0 amide bonds. The van der Waals surface area contributed by atoms with Gasteiger partial charge < -0.3 is 0 Å². The predicted octanol–water partition coefficient (Wildman–Crippen LogP) is 2.69. The average Bonchev–Trinajstić information content (AvgIpc) is 2.72. The van der Waals surface area contributed by atoms with Gasteiger partial charge in [-0.2, -0.15) is 0 Å². The maximum Gasteiger partial charge on any atom is 0.0897 e. The molecule has 0 radical (unpaired) electrons. The molecule has 1 aromatic heterocycles. The topological polar surface area (TPSA) is 50.9 Å². The molecule has 3 N–H and O–H groups in total. The SMILES string of the molecule is Cc1cc(C)cc(CC(Cc2csc(C)n2)NN)c1. The molecule has 0 aliphatic rings. The van der Waals surface area contributed by atoms with Gasteiger partial charge in [-0.05, 0) is 32.8 Å². The third-order valence-electron chi connectivity index (χ3n) is 3.12. The summed E-state index contributed by atoms with van der Waals surface area (Å²) in [6.07, 6.45) is 1.80. The summed E-state index contributed by atoms with van der Waals surface area (Å²) >= 11 is 1.69. The van der Waals surface area contributed by atoms with Crippen molar-refractivity contribution in [3.63, 3.8) is 0 Å². The Morgan fingerprint density at radius 1 is 1.16 bits per heavy atom. The Hall–Kier alpha value is -1.23. The van der Waals surface area contributed by atoms with Crippen LogP contribution >= 0.6 is 11.3 Å². The first-order valence-corrected chi connectivity index (χ1v) is 7.39. The van der Waals surface area contributed by atoms with Crippen LogP contribution < -0.4 is 11.3 Å². The van der Waals surface area contributed by atoms with Crippen molar-refractivity contribution in [2.24, 2.45) is 5.84 Å². The lowest BCUT2D eigenvalue weighted by atomic mass is 9.99. The van der Waals surface area contributed by atoms with Gasteiger partial charge in [0.05, 0.1) is 10.7 Å². The fourth-order valence-corrected chi connectivity index (χ4v) is 3.04. The highest BCUT2D eigenvalue weighted by Crippen LogP contribution is 2.14. The van der Waals surface area contributed by atoms with E-state index in [1.165, 1.54) is 16.7 Å². The quantitative estimate of drug-likeness (QED) is 0.651. The molecule has 1 heterocycles. The fraction of sp³-hybridized carbons (Fsp3) is 0.400. The minimum absolute atomic E-state index is 0.225. The molecule has 0 saturated heterocycles. The molecule has 0 spiro atoms. The second kappa shape index (κ2) is 6.28. The zero-order valence-corrected chi connectivity index (χ0v) is 12.6. The number of nitrogens with one attached hydrogen (secondary N) is 1. The van der Waals surface area contributed by atoms with Gasteiger partial charge in [0, 0.05) is 17.8 Å². The molecule has 19 heavy (non-hydrogen) atoms. The van der Waals surface area contributed by atoms with Gasteiger partial charge in [0.2, 0.25) is 0 Å². The number of aromatic nitrogens is 1. The fourth-order valence-electron chi connectivity index (χ4n) is 2.42. The Balaban J connectivity index is 2.06. The Morgan fingerprint density at radius 2 is 1.84 bits per heavy atom. The first-order valence-electron chi connectivity index (χ1n) is 6.51. The highest BCUT2D eigenvalue weighted by Gasteiger charge is 2.11. The number of hydrazine groups is 1. The summed E-state index contributed by atoms with van der Waals surface area (Å²) in [6, 6.07) is 6.87. The van der Waals surface area contributed by atoms with E-state index in [2.05, 4.69) is 47.8 Å². The molecule has 2 rings (SSSR count). The molecule has 4 heteroatoms. The van der Waals surface area contributed by atoms with E-state index >= 15 is 0 Å². The third kappa shape index (κ3) is 4.13. The van der Waals surface area contributed by atoms with Crippen LogP contribution in [0, 0.1) is 20.8 Å². The Kier molecular flexibility index (Phi) is 4.69. The van der Waals surface area contributed by atoms with Crippen molar-refractivity contribution in [1.82, 2.24) is 10.4 Å². The Morgan fingerprint density at radius 3 is 2.37 bits per heavy atom. The van der Waals surface area contributed by atoms with Crippen molar-refractivity contribution < 1.29 is 0 Å². The van der Waals surface area contributed by atoms with Crippen LogP contribution in [0.5, 0.6) is 0 Å². The standard InChI is InChI=1S/C15H21N3S/c1-10-4-11(2)6-13(5-10)7-14(18-16)8-15-9-19-12(3)17-15/h4-6,9,14,18H,7-8,16H2,1-3H3. The van der Waals surface area contributed by atoms with Crippen LogP contribution in [0.15, 0.2) is 23.6 Å². The summed E-state index contributed by atoms with van der Waals surface area (Å²) < 4.78 is 0. The summed E-state index contributed by atoms with van der Waals surface area (Å²) in [5.41, 5.74) is 7.96. The molecule has 0 saturated carbocycles. The van der Waals surface area contributed by atoms with Gasteiger partial charge in [-0.25, -0.2) is 4.98 Å². The lowest BCUT2D eigenvalue weighted by Gasteiger charge is -2.15. The molecule has 0 aliphatic carbocycles. The molecule has 3 nitrogen and oxygen atoms in total. The van der Waals surface area contributed by atoms with Crippen LogP contribution in [0.25, 0.3) is 0 Å². The molecular formula is C15H21N3S. The molecule has 2 aromatic rings. The number of nitrogens with two attached hydrogens (primary N) is 1. The lowest BCUT2D eigenvalue weighted by Crippen LogP contribution is -2.38. The number of hydrogen-bond acceptors (Lipinski definition) is 4. The predicted molar refractivity (Wildman–Crippen MR) is 81.3 cm³/mol. The normalized spacial score (nSPS) is 12.6. The minimum atomic E-state index is 0.225. The first-order chi connectivity index (χ1) is 9.06. The van der Waals surface area contributed by atoms with Gasteiger partial charge in [0.15, 0.2) is 0 Å². The average molecular weight is 275 g/mol. The summed E-state index contributed by atoms with van der Waals surface area (Å²) in [7, 11) is 0. The smallest absolute Gasteiger partial charge is 0.0897 e. The maximum atomic E-state index is 5.68. The number of rotatable bonds is 5. The maximum absolute atomic E-state index is 5.68. The third-order valence-corrected chi connectivity index (χ3v) is 3.94. The second-order valence-corrected chi connectivity index (χ2v) is 6.19. The molecular weight excluding hydrogens is 254 g/mol. The van der Waals surface area contributed by atoms with E-state index in [1.54, 1.807) is 11.3 Å². The molecule has 1 aromatic carbocycles. The summed E-state index contributed by atoms with van der Waals surface area (Å²) in [4.78, 5) is 4.50. The number of nitrogens with zero attached hydrogens (tertiary/aromatic N) is 1. The van der Waals surface area contributed by atoms with Crippen molar-refractivity contribution in [1.29, 1.82) is 0 Å². The highest BCUT2D eigenvalue weighted by atomic mass is 32.1. The molecule has 0 bridgehead atoms. The monoisotopic (exact) mass is 275 g/mol. The van der Waals surface area contributed by atoms with Crippen molar-refractivity contribution >= 4 is 11.3 Å². The van der Waals surface area contributed by atoms with E-state index in [9.17, 15) is 0 Å². The van der Waals surface area contributed by atoms with Gasteiger partial charge in [0.25, 0.3) is 0 Å². The summed E-state index contributed by atoms with van der Waals surface area (Å²) in [5.74, 6) is 5.68. The van der Waals surface area contributed by atoms with Crippen LogP contribution in [0.3, 0.4) is 0 Å². The van der Waals surface area contributed by atoms with Gasteiger partial charge in [-0.3, -0.25) is 11.3 Å². The number of hydrogen-bond donors (Lipinski definition) is 2. The molecule has 102 valence electrons. The van der Waals surface area contributed by atoms with Gasteiger partial charge in [0.1, 0.15) is 0 Å². The van der Waals surface area contributed by atoms with E-state index in [1.807, 2.05) is 6.92 Å². The summed E-state index contributed by atoms with van der Waals surface area (Å²) in [5, 5.41) is 3.22.